The summed E-state index contributed by atoms with van der Waals surface area (Å²) < 4.78 is 18.8. The summed E-state index contributed by atoms with van der Waals surface area (Å²) in [4.78, 5) is 16.9. The number of oxime groups is 1. The minimum atomic E-state index is -0.795. The van der Waals surface area contributed by atoms with E-state index in [0.717, 1.165) is 29.7 Å². The van der Waals surface area contributed by atoms with Crippen molar-refractivity contribution in [3.8, 4) is 5.75 Å². The van der Waals surface area contributed by atoms with Crippen LogP contribution in [0.1, 0.15) is 34.3 Å². The summed E-state index contributed by atoms with van der Waals surface area (Å²) in [6.07, 6.45) is 2.55. The molecule has 0 aromatic heterocycles. The molecule has 0 aliphatic heterocycles. The number of hydrogen-bond donors (Lipinski definition) is 0. The van der Waals surface area contributed by atoms with Crippen molar-refractivity contribution in [2.45, 2.75) is 19.3 Å². The number of carbonyl (C=O) groups excluding carboxylic acids is 1. The van der Waals surface area contributed by atoms with Gasteiger partial charge >= 0.3 is 5.97 Å². The number of halogens is 1. The largest absolute Gasteiger partial charge is 0.497 e. The van der Waals surface area contributed by atoms with Crippen LogP contribution < -0.4 is 4.74 Å². The molecule has 0 unspecified atom stereocenters. The zero-order valence-electron chi connectivity index (χ0n) is 12.7. The van der Waals surface area contributed by atoms with Gasteiger partial charge in [-0.05, 0) is 55.2 Å². The van der Waals surface area contributed by atoms with Crippen molar-refractivity contribution >= 4 is 11.7 Å². The quantitative estimate of drug-likeness (QED) is 0.641. The van der Waals surface area contributed by atoms with E-state index in [1.54, 1.807) is 13.2 Å². The van der Waals surface area contributed by atoms with Crippen molar-refractivity contribution in [3.63, 3.8) is 0 Å². The van der Waals surface area contributed by atoms with Crippen molar-refractivity contribution in [2.75, 3.05) is 7.11 Å². The topological polar surface area (TPSA) is 47.9 Å². The van der Waals surface area contributed by atoms with Gasteiger partial charge in [0, 0.05) is 5.56 Å². The zero-order valence-corrected chi connectivity index (χ0v) is 12.7. The Morgan fingerprint density at radius 1 is 1.17 bits per heavy atom. The van der Waals surface area contributed by atoms with Crippen LogP contribution in [0.2, 0.25) is 0 Å². The molecule has 0 saturated carbocycles. The van der Waals surface area contributed by atoms with Gasteiger partial charge in [0.1, 0.15) is 11.6 Å². The fourth-order valence-corrected chi connectivity index (χ4v) is 2.63. The number of methoxy groups -OCH3 is 1. The molecule has 3 rings (SSSR count). The summed E-state index contributed by atoms with van der Waals surface area (Å²) in [5.41, 5.74) is 2.62. The van der Waals surface area contributed by atoms with Crippen LogP contribution in [0.3, 0.4) is 0 Å². The molecule has 2 aromatic carbocycles. The molecule has 0 N–H and O–H groups in total. The molecular weight excluding hydrogens is 297 g/mol. The van der Waals surface area contributed by atoms with E-state index in [1.165, 1.54) is 18.2 Å². The Morgan fingerprint density at radius 2 is 2.00 bits per heavy atom. The highest BCUT2D eigenvalue weighted by Gasteiger charge is 2.18. The minimum Gasteiger partial charge on any atom is -0.497 e. The predicted octanol–water partition coefficient (Wildman–Crippen LogP) is 3.73. The monoisotopic (exact) mass is 313 g/mol. The molecule has 0 radical (unpaired) electrons. The first-order chi connectivity index (χ1) is 11.2. The molecule has 0 spiro atoms. The second kappa shape index (κ2) is 6.60. The Morgan fingerprint density at radius 3 is 2.78 bits per heavy atom. The summed E-state index contributed by atoms with van der Waals surface area (Å²) in [7, 11) is 1.62. The molecule has 0 bridgehead atoms. The minimum absolute atomic E-state index is 0.123. The van der Waals surface area contributed by atoms with E-state index in [4.69, 9.17) is 9.57 Å². The highest BCUT2D eigenvalue weighted by Crippen LogP contribution is 2.26. The van der Waals surface area contributed by atoms with Gasteiger partial charge < -0.3 is 9.57 Å². The lowest BCUT2D eigenvalue weighted by Gasteiger charge is -2.17. The smallest absolute Gasteiger partial charge is 0.368 e. The Hall–Kier alpha value is -2.69. The standard InChI is InChI=1S/C18H16FNO3/c1-22-13-9-10-14-12(11-13)5-4-8-17(14)20-23-18(21)15-6-2-3-7-16(15)19/h2-3,6-7,9-11H,4-5,8H2,1H3/b20-17-. The number of nitrogens with zero attached hydrogens (tertiary/aromatic N) is 1. The first-order valence-electron chi connectivity index (χ1n) is 7.39. The molecule has 0 atom stereocenters. The molecule has 4 nitrogen and oxygen atoms in total. The molecule has 0 amide bonds. The van der Waals surface area contributed by atoms with Crippen LogP contribution in [0.5, 0.6) is 5.75 Å². The van der Waals surface area contributed by atoms with Gasteiger partial charge in [0.05, 0.1) is 18.4 Å². The fraction of sp³-hybridized carbons (Fsp3) is 0.222. The zero-order chi connectivity index (χ0) is 16.2. The highest BCUT2D eigenvalue weighted by atomic mass is 19.1. The van der Waals surface area contributed by atoms with Crippen LogP contribution in [0.25, 0.3) is 0 Å². The van der Waals surface area contributed by atoms with E-state index in [-0.39, 0.29) is 5.56 Å². The van der Waals surface area contributed by atoms with Gasteiger partial charge in [0.25, 0.3) is 0 Å². The highest BCUT2D eigenvalue weighted by molar-refractivity contribution is 6.03. The second-order valence-corrected chi connectivity index (χ2v) is 5.27. The number of aryl methyl sites for hydroxylation is 1. The van der Waals surface area contributed by atoms with Gasteiger partial charge in [-0.1, -0.05) is 17.3 Å². The normalized spacial score (nSPS) is 15.1. The molecule has 118 valence electrons. The Labute approximate surface area is 133 Å². The van der Waals surface area contributed by atoms with E-state index in [9.17, 15) is 9.18 Å². The Balaban J connectivity index is 1.82. The van der Waals surface area contributed by atoms with Crippen LogP contribution in [0, 0.1) is 5.82 Å². The summed E-state index contributed by atoms with van der Waals surface area (Å²) in [6, 6.07) is 11.4. The SMILES string of the molecule is COc1ccc2c(c1)CCC/C2=N/OC(=O)c1ccccc1F. The predicted molar refractivity (Wildman–Crippen MR) is 84.3 cm³/mol. The van der Waals surface area contributed by atoms with Gasteiger partial charge in [-0.25, -0.2) is 9.18 Å². The number of benzene rings is 2. The third-order valence-corrected chi connectivity index (χ3v) is 3.82. The molecule has 0 fully saturated rings. The van der Waals surface area contributed by atoms with E-state index >= 15 is 0 Å². The van der Waals surface area contributed by atoms with Gasteiger partial charge in [0.15, 0.2) is 0 Å². The van der Waals surface area contributed by atoms with E-state index in [0.29, 0.717) is 12.1 Å². The van der Waals surface area contributed by atoms with Crippen molar-refractivity contribution in [2.24, 2.45) is 5.16 Å². The summed E-state index contributed by atoms with van der Waals surface area (Å²) in [5, 5.41) is 3.96. The van der Waals surface area contributed by atoms with Gasteiger partial charge in [-0.2, -0.15) is 0 Å². The van der Waals surface area contributed by atoms with Gasteiger partial charge in [0.2, 0.25) is 0 Å². The Bertz CT molecular complexity index is 771. The number of ether oxygens (including phenoxy) is 1. The van der Waals surface area contributed by atoms with Crippen LogP contribution >= 0.6 is 0 Å². The molecule has 1 aliphatic rings. The van der Waals surface area contributed by atoms with E-state index in [2.05, 4.69) is 5.16 Å². The first kappa shape index (κ1) is 15.2. The van der Waals surface area contributed by atoms with E-state index < -0.39 is 11.8 Å². The molecule has 5 heteroatoms. The number of rotatable bonds is 3. The summed E-state index contributed by atoms with van der Waals surface area (Å²) in [5.74, 6) is -0.629. The maximum atomic E-state index is 13.6. The van der Waals surface area contributed by atoms with Crippen molar-refractivity contribution in [1.29, 1.82) is 0 Å². The second-order valence-electron chi connectivity index (χ2n) is 5.27. The lowest BCUT2D eigenvalue weighted by Crippen LogP contribution is -2.14. The summed E-state index contributed by atoms with van der Waals surface area (Å²) in [6.45, 7) is 0. The number of carbonyl (C=O) groups is 1. The molecule has 23 heavy (non-hydrogen) atoms. The maximum Gasteiger partial charge on any atom is 0.368 e. The molecule has 2 aromatic rings. The first-order valence-corrected chi connectivity index (χ1v) is 7.39. The maximum absolute atomic E-state index is 13.6. The average molecular weight is 313 g/mol. The van der Waals surface area contributed by atoms with Crippen LogP contribution in [0.4, 0.5) is 4.39 Å². The van der Waals surface area contributed by atoms with Gasteiger partial charge in [-0.15, -0.1) is 0 Å². The molecular formula is C18H16FNO3. The van der Waals surface area contributed by atoms with Crippen LogP contribution in [-0.2, 0) is 11.3 Å². The van der Waals surface area contributed by atoms with Crippen molar-refractivity contribution in [1.82, 2.24) is 0 Å². The van der Waals surface area contributed by atoms with Crippen molar-refractivity contribution < 1.29 is 18.8 Å². The Kier molecular flexibility index (Phi) is 4.37. The molecule has 0 heterocycles. The average Bonchev–Trinajstić information content (AvgIpc) is 2.59. The van der Waals surface area contributed by atoms with Crippen LogP contribution in [-0.4, -0.2) is 18.8 Å². The van der Waals surface area contributed by atoms with Crippen LogP contribution in [0.15, 0.2) is 47.6 Å². The number of hydrogen-bond acceptors (Lipinski definition) is 4. The van der Waals surface area contributed by atoms with Gasteiger partial charge in [-0.3, -0.25) is 0 Å². The van der Waals surface area contributed by atoms with E-state index in [1.807, 2.05) is 18.2 Å². The third-order valence-electron chi connectivity index (χ3n) is 3.82. The fourth-order valence-electron chi connectivity index (χ4n) is 2.63. The number of fused-ring (bicyclic) bond motifs is 1. The van der Waals surface area contributed by atoms with Crippen molar-refractivity contribution in [3.05, 3.63) is 65.0 Å². The summed E-state index contributed by atoms with van der Waals surface area (Å²) >= 11 is 0. The lowest BCUT2D eigenvalue weighted by molar-refractivity contribution is 0.0510. The molecule has 1 aliphatic carbocycles. The third kappa shape index (κ3) is 3.23. The lowest BCUT2D eigenvalue weighted by atomic mass is 9.90. The molecule has 0 saturated heterocycles.